The third kappa shape index (κ3) is 2.76. The fraction of sp³-hybridized carbons (Fsp3) is 0.273. The Balaban J connectivity index is 3.08. The van der Waals surface area contributed by atoms with Crippen LogP contribution in [0.25, 0.3) is 0 Å². The zero-order valence-corrected chi connectivity index (χ0v) is 8.43. The Labute approximate surface area is 87.0 Å². The van der Waals surface area contributed by atoms with Crippen LogP contribution in [0.5, 0.6) is 5.75 Å². The van der Waals surface area contributed by atoms with Gasteiger partial charge in [0.25, 0.3) is 0 Å². The minimum absolute atomic E-state index is 0.0700. The molecule has 1 aromatic rings. The van der Waals surface area contributed by atoms with E-state index in [1.54, 1.807) is 6.92 Å². The molecule has 3 N–H and O–H groups in total. The van der Waals surface area contributed by atoms with E-state index in [-0.39, 0.29) is 5.56 Å². The molecule has 0 fully saturated rings. The van der Waals surface area contributed by atoms with Crippen molar-refractivity contribution in [3.8, 4) is 5.75 Å². The highest BCUT2D eigenvalue weighted by atomic mass is 19.1. The van der Waals surface area contributed by atoms with Gasteiger partial charge in [-0.15, -0.1) is 6.58 Å². The third-order valence-corrected chi connectivity index (χ3v) is 2.01. The minimum atomic E-state index is -0.832. The Morgan fingerprint density at radius 1 is 1.53 bits per heavy atom. The van der Waals surface area contributed by atoms with Crippen LogP contribution in [-0.2, 0) is 0 Å². The average Bonchev–Trinajstić information content (AvgIpc) is 1.99. The SMILES string of the molecule is C=C(C)C[C@H](N)c1c(O)cc(F)cc1F. The van der Waals surface area contributed by atoms with Gasteiger partial charge >= 0.3 is 0 Å². The van der Waals surface area contributed by atoms with Gasteiger partial charge < -0.3 is 10.8 Å². The number of phenols is 1. The molecule has 1 rings (SSSR count). The van der Waals surface area contributed by atoms with E-state index in [0.29, 0.717) is 12.5 Å². The Morgan fingerprint density at radius 2 is 2.13 bits per heavy atom. The van der Waals surface area contributed by atoms with Gasteiger partial charge in [0.15, 0.2) is 0 Å². The number of hydrogen-bond donors (Lipinski definition) is 2. The summed E-state index contributed by atoms with van der Waals surface area (Å²) in [6.07, 6.45) is 0.343. The quantitative estimate of drug-likeness (QED) is 0.758. The molecule has 0 unspecified atom stereocenters. The fourth-order valence-electron chi connectivity index (χ4n) is 1.42. The van der Waals surface area contributed by atoms with Gasteiger partial charge in [-0.05, 0) is 13.3 Å². The lowest BCUT2D eigenvalue weighted by molar-refractivity contribution is 0.440. The maximum absolute atomic E-state index is 13.3. The van der Waals surface area contributed by atoms with Crippen molar-refractivity contribution < 1.29 is 13.9 Å². The second kappa shape index (κ2) is 4.40. The van der Waals surface area contributed by atoms with Crippen molar-refractivity contribution >= 4 is 0 Å². The van der Waals surface area contributed by atoms with Gasteiger partial charge in [-0.3, -0.25) is 0 Å². The van der Waals surface area contributed by atoms with Crippen LogP contribution in [0.1, 0.15) is 24.9 Å². The van der Waals surface area contributed by atoms with Crippen LogP contribution in [0.15, 0.2) is 24.3 Å². The Bertz CT molecular complexity index is 367. The summed E-state index contributed by atoms with van der Waals surface area (Å²) in [6.45, 7) is 5.39. The number of aromatic hydroxyl groups is 1. The number of benzene rings is 1. The number of nitrogens with two attached hydrogens (primary N) is 1. The lowest BCUT2D eigenvalue weighted by Crippen LogP contribution is -2.13. The maximum Gasteiger partial charge on any atom is 0.134 e. The van der Waals surface area contributed by atoms with Gasteiger partial charge in [-0.25, -0.2) is 8.78 Å². The molecule has 0 aliphatic carbocycles. The Kier molecular flexibility index (Phi) is 3.42. The van der Waals surface area contributed by atoms with Gasteiger partial charge in [0.05, 0.1) is 0 Å². The maximum atomic E-state index is 13.3. The summed E-state index contributed by atoms with van der Waals surface area (Å²) < 4.78 is 26.0. The largest absolute Gasteiger partial charge is 0.507 e. The van der Waals surface area contributed by atoms with Crippen LogP contribution in [0.3, 0.4) is 0 Å². The molecule has 0 radical (unpaired) electrons. The summed E-state index contributed by atoms with van der Waals surface area (Å²) >= 11 is 0. The molecule has 0 saturated carbocycles. The summed E-state index contributed by atoms with van der Waals surface area (Å²) in [5, 5.41) is 9.37. The van der Waals surface area contributed by atoms with Crippen molar-refractivity contribution in [2.45, 2.75) is 19.4 Å². The zero-order valence-electron chi connectivity index (χ0n) is 8.43. The molecule has 1 atom stereocenters. The molecular weight excluding hydrogens is 200 g/mol. The monoisotopic (exact) mass is 213 g/mol. The van der Waals surface area contributed by atoms with Crippen LogP contribution < -0.4 is 5.73 Å². The van der Waals surface area contributed by atoms with Crippen molar-refractivity contribution in [1.82, 2.24) is 0 Å². The molecule has 0 aliphatic rings. The molecule has 0 aliphatic heterocycles. The molecule has 0 amide bonds. The lowest BCUT2D eigenvalue weighted by Gasteiger charge is -2.14. The highest BCUT2D eigenvalue weighted by Crippen LogP contribution is 2.29. The second-order valence-electron chi connectivity index (χ2n) is 3.59. The first-order valence-corrected chi connectivity index (χ1v) is 4.49. The van der Waals surface area contributed by atoms with Crippen molar-refractivity contribution in [2.24, 2.45) is 5.73 Å². The smallest absolute Gasteiger partial charge is 0.134 e. The Hall–Kier alpha value is -1.42. The topological polar surface area (TPSA) is 46.2 Å². The zero-order chi connectivity index (χ0) is 11.6. The van der Waals surface area contributed by atoms with Crippen LogP contribution in [-0.4, -0.2) is 5.11 Å². The van der Waals surface area contributed by atoms with E-state index >= 15 is 0 Å². The molecule has 4 heteroatoms. The van der Waals surface area contributed by atoms with Gasteiger partial charge in [-0.2, -0.15) is 0 Å². The minimum Gasteiger partial charge on any atom is -0.507 e. The third-order valence-electron chi connectivity index (χ3n) is 2.01. The molecule has 0 heterocycles. The first kappa shape index (κ1) is 11.7. The average molecular weight is 213 g/mol. The van der Waals surface area contributed by atoms with Crippen molar-refractivity contribution in [3.05, 3.63) is 41.5 Å². The van der Waals surface area contributed by atoms with Crippen LogP contribution in [0.2, 0.25) is 0 Å². The summed E-state index contributed by atoms with van der Waals surface area (Å²) in [6, 6.07) is 0.840. The molecule has 0 saturated heterocycles. The molecule has 0 bridgehead atoms. The first-order valence-electron chi connectivity index (χ1n) is 4.49. The number of phenolic OH excluding ortho intramolecular Hbond substituents is 1. The Morgan fingerprint density at radius 3 is 2.60 bits per heavy atom. The number of rotatable bonds is 3. The molecule has 0 aromatic heterocycles. The van der Waals surface area contributed by atoms with E-state index in [2.05, 4.69) is 6.58 Å². The van der Waals surface area contributed by atoms with Gasteiger partial charge in [-0.1, -0.05) is 5.57 Å². The summed E-state index contributed by atoms with van der Waals surface area (Å²) in [4.78, 5) is 0. The second-order valence-corrected chi connectivity index (χ2v) is 3.59. The van der Waals surface area contributed by atoms with E-state index in [0.717, 1.165) is 11.6 Å². The standard InChI is InChI=1S/C11H13F2NO/c1-6(2)3-9(14)11-8(13)4-7(12)5-10(11)15/h4-5,9,15H,1,3,14H2,2H3/t9-/m0/s1. The normalized spacial score (nSPS) is 12.5. The summed E-state index contributed by atoms with van der Waals surface area (Å²) in [5.41, 5.74) is 6.36. The fourth-order valence-corrected chi connectivity index (χ4v) is 1.42. The lowest BCUT2D eigenvalue weighted by atomic mass is 10.00. The number of halogens is 2. The summed E-state index contributed by atoms with van der Waals surface area (Å²) in [7, 11) is 0. The molecule has 15 heavy (non-hydrogen) atoms. The van der Waals surface area contributed by atoms with Crippen LogP contribution in [0.4, 0.5) is 8.78 Å². The highest BCUT2D eigenvalue weighted by molar-refractivity contribution is 5.37. The summed E-state index contributed by atoms with van der Waals surface area (Å²) in [5.74, 6) is -2.11. The highest BCUT2D eigenvalue weighted by Gasteiger charge is 2.17. The molecular formula is C11H13F2NO. The van der Waals surface area contributed by atoms with Gasteiger partial charge in [0, 0.05) is 23.7 Å². The van der Waals surface area contributed by atoms with E-state index in [9.17, 15) is 13.9 Å². The molecule has 82 valence electrons. The van der Waals surface area contributed by atoms with Gasteiger partial charge in [0.2, 0.25) is 0 Å². The van der Waals surface area contributed by atoms with Crippen LogP contribution in [0, 0.1) is 11.6 Å². The van der Waals surface area contributed by atoms with Gasteiger partial charge in [0.1, 0.15) is 17.4 Å². The van der Waals surface area contributed by atoms with E-state index < -0.39 is 23.4 Å². The number of hydrogen-bond acceptors (Lipinski definition) is 2. The van der Waals surface area contributed by atoms with E-state index in [1.165, 1.54) is 0 Å². The molecule has 2 nitrogen and oxygen atoms in total. The van der Waals surface area contributed by atoms with Crippen molar-refractivity contribution in [1.29, 1.82) is 0 Å². The van der Waals surface area contributed by atoms with Crippen molar-refractivity contribution in [2.75, 3.05) is 0 Å². The van der Waals surface area contributed by atoms with E-state index in [1.807, 2.05) is 0 Å². The van der Waals surface area contributed by atoms with E-state index in [4.69, 9.17) is 5.73 Å². The first-order chi connectivity index (χ1) is 6.91. The predicted molar refractivity (Wildman–Crippen MR) is 54.4 cm³/mol. The molecule has 0 spiro atoms. The van der Waals surface area contributed by atoms with Crippen molar-refractivity contribution in [3.63, 3.8) is 0 Å². The molecule has 1 aromatic carbocycles. The predicted octanol–water partition coefficient (Wildman–Crippen LogP) is 2.64. The van der Waals surface area contributed by atoms with Crippen LogP contribution >= 0.6 is 0 Å².